The molecule has 1 aliphatic rings. The zero-order valence-corrected chi connectivity index (χ0v) is 16.5. The van der Waals surface area contributed by atoms with Gasteiger partial charge in [0.1, 0.15) is 0 Å². The molecule has 0 radical (unpaired) electrons. The zero-order valence-electron chi connectivity index (χ0n) is 15.7. The lowest BCUT2D eigenvalue weighted by Crippen LogP contribution is -2.28. The first-order valence-electron chi connectivity index (χ1n) is 8.93. The van der Waals surface area contributed by atoms with Gasteiger partial charge in [-0.2, -0.15) is 0 Å². The van der Waals surface area contributed by atoms with Crippen molar-refractivity contribution in [3.8, 4) is 0 Å². The number of aryl methyl sites for hydroxylation is 2. The highest BCUT2D eigenvalue weighted by Gasteiger charge is 2.36. The highest BCUT2D eigenvalue weighted by molar-refractivity contribution is 6.31. The summed E-state index contributed by atoms with van der Waals surface area (Å²) in [4.78, 5) is 38.1. The van der Waals surface area contributed by atoms with E-state index < -0.39 is 24.4 Å². The average molecular weight is 401 g/mol. The Morgan fingerprint density at radius 2 is 1.89 bits per heavy atom. The second kappa shape index (κ2) is 8.44. The molecule has 1 heterocycles. The second-order valence-corrected chi connectivity index (χ2v) is 7.27. The van der Waals surface area contributed by atoms with Gasteiger partial charge in [-0.15, -0.1) is 0 Å². The van der Waals surface area contributed by atoms with Crippen LogP contribution in [0.25, 0.3) is 0 Å². The summed E-state index contributed by atoms with van der Waals surface area (Å²) in [7, 11) is 0. The first-order valence-corrected chi connectivity index (χ1v) is 9.31. The molecule has 2 aromatic carbocycles. The molecule has 2 aromatic rings. The number of hydrogen-bond acceptors (Lipinski definition) is 4. The Balaban J connectivity index is 1.52. The van der Waals surface area contributed by atoms with Crippen molar-refractivity contribution in [3.63, 3.8) is 0 Å². The number of carbonyl (C=O) groups is 3. The molecule has 146 valence electrons. The van der Waals surface area contributed by atoms with Crippen LogP contribution in [0, 0.1) is 19.8 Å². The van der Waals surface area contributed by atoms with E-state index in [2.05, 4.69) is 5.32 Å². The van der Waals surface area contributed by atoms with E-state index in [1.807, 2.05) is 38.1 Å². The molecule has 1 fully saturated rings. The van der Waals surface area contributed by atoms with Crippen LogP contribution in [-0.4, -0.2) is 30.9 Å². The third kappa shape index (κ3) is 4.70. The maximum Gasteiger partial charge on any atom is 0.311 e. The monoisotopic (exact) mass is 400 g/mol. The minimum atomic E-state index is -0.588. The molecule has 0 bridgehead atoms. The molecule has 1 saturated heterocycles. The number of halogens is 1. The Morgan fingerprint density at radius 3 is 2.57 bits per heavy atom. The molecule has 1 aliphatic heterocycles. The van der Waals surface area contributed by atoms with Gasteiger partial charge in [0.15, 0.2) is 6.61 Å². The number of ether oxygens (including phenoxy) is 1. The summed E-state index contributed by atoms with van der Waals surface area (Å²) in [6.45, 7) is 3.65. The van der Waals surface area contributed by atoms with E-state index in [9.17, 15) is 14.4 Å². The predicted molar refractivity (Wildman–Crippen MR) is 107 cm³/mol. The molecular formula is C21H21ClN2O4. The molecule has 0 spiro atoms. The third-order valence-corrected chi connectivity index (χ3v) is 5.01. The van der Waals surface area contributed by atoms with Crippen molar-refractivity contribution in [1.29, 1.82) is 0 Å². The summed E-state index contributed by atoms with van der Waals surface area (Å²) in [5.41, 5.74) is 3.26. The second-order valence-electron chi connectivity index (χ2n) is 6.86. The number of benzene rings is 2. The summed E-state index contributed by atoms with van der Waals surface area (Å²) < 4.78 is 5.10. The first kappa shape index (κ1) is 19.9. The highest BCUT2D eigenvalue weighted by Crippen LogP contribution is 2.26. The minimum absolute atomic E-state index is 0.0713. The SMILES string of the molecule is Cc1ccc(N2C[C@H](C(=O)OCC(=O)Nc3ccc(C)c(Cl)c3)CC2=O)cc1. The van der Waals surface area contributed by atoms with Gasteiger partial charge in [-0.1, -0.05) is 35.4 Å². The van der Waals surface area contributed by atoms with Crippen LogP contribution in [0.3, 0.4) is 0 Å². The van der Waals surface area contributed by atoms with Gasteiger partial charge in [0.05, 0.1) is 5.92 Å². The maximum absolute atomic E-state index is 12.3. The standard InChI is InChI=1S/C21H21ClN2O4/c1-13-3-7-17(8-4-13)24-11-15(9-20(24)26)21(27)28-12-19(25)23-16-6-5-14(2)18(22)10-16/h3-8,10,15H,9,11-12H2,1-2H3,(H,23,25)/t15-/m1/s1. The van der Waals surface area contributed by atoms with Crippen LogP contribution in [0.1, 0.15) is 17.5 Å². The molecule has 7 heteroatoms. The molecule has 0 aliphatic carbocycles. The van der Waals surface area contributed by atoms with Crippen molar-refractivity contribution >= 4 is 40.8 Å². The molecule has 28 heavy (non-hydrogen) atoms. The van der Waals surface area contributed by atoms with Crippen LogP contribution in [0.2, 0.25) is 5.02 Å². The van der Waals surface area contributed by atoms with E-state index >= 15 is 0 Å². The number of amides is 2. The van der Waals surface area contributed by atoms with Crippen LogP contribution in [0.15, 0.2) is 42.5 Å². The van der Waals surface area contributed by atoms with Gasteiger partial charge in [0.25, 0.3) is 5.91 Å². The Morgan fingerprint density at radius 1 is 1.18 bits per heavy atom. The molecule has 1 N–H and O–H groups in total. The number of rotatable bonds is 5. The van der Waals surface area contributed by atoms with E-state index in [4.69, 9.17) is 16.3 Å². The Bertz CT molecular complexity index is 911. The Labute approximate surface area is 168 Å². The van der Waals surface area contributed by atoms with Gasteiger partial charge >= 0.3 is 5.97 Å². The van der Waals surface area contributed by atoms with Crippen LogP contribution in [0.4, 0.5) is 11.4 Å². The van der Waals surface area contributed by atoms with Crippen molar-refractivity contribution in [2.24, 2.45) is 5.92 Å². The molecule has 6 nitrogen and oxygen atoms in total. The van der Waals surface area contributed by atoms with Crippen LogP contribution in [0.5, 0.6) is 0 Å². The van der Waals surface area contributed by atoms with E-state index in [0.29, 0.717) is 10.7 Å². The molecule has 1 atom stereocenters. The van der Waals surface area contributed by atoms with E-state index in [1.54, 1.807) is 23.1 Å². The maximum atomic E-state index is 12.3. The van der Waals surface area contributed by atoms with Gasteiger partial charge in [0.2, 0.25) is 5.91 Å². The van der Waals surface area contributed by atoms with Crippen LogP contribution in [-0.2, 0) is 19.1 Å². The largest absolute Gasteiger partial charge is 0.455 e. The van der Waals surface area contributed by atoms with Crippen LogP contribution >= 0.6 is 11.6 Å². The summed E-state index contributed by atoms with van der Waals surface area (Å²) in [5, 5.41) is 3.16. The number of carbonyl (C=O) groups excluding carboxylic acids is 3. The lowest BCUT2D eigenvalue weighted by molar-refractivity contribution is -0.151. The molecular weight excluding hydrogens is 380 g/mol. The van der Waals surface area contributed by atoms with E-state index in [1.165, 1.54) is 0 Å². The highest BCUT2D eigenvalue weighted by atomic mass is 35.5. The third-order valence-electron chi connectivity index (χ3n) is 4.61. The topological polar surface area (TPSA) is 75.7 Å². The molecule has 2 amide bonds. The average Bonchev–Trinajstić information content (AvgIpc) is 3.05. The van der Waals surface area contributed by atoms with Gasteiger partial charge in [-0.05, 0) is 43.7 Å². The Hall–Kier alpha value is -2.86. The van der Waals surface area contributed by atoms with Gasteiger partial charge in [-0.25, -0.2) is 0 Å². The Kier molecular flexibility index (Phi) is 5.99. The fourth-order valence-electron chi connectivity index (χ4n) is 2.96. The van der Waals surface area contributed by atoms with Crippen molar-refractivity contribution in [2.75, 3.05) is 23.4 Å². The lowest BCUT2D eigenvalue weighted by Gasteiger charge is -2.16. The first-order chi connectivity index (χ1) is 13.3. The number of nitrogens with zero attached hydrogens (tertiary/aromatic N) is 1. The lowest BCUT2D eigenvalue weighted by atomic mass is 10.1. The smallest absolute Gasteiger partial charge is 0.311 e. The van der Waals surface area contributed by atoms with Gasteiger partial charge in [-0.3, -0.25) is 14.4 Å². The predicted octanol–water partition coefficient (Wildman–Crippen LogP) is 3.49. The van der Waals surface area contributed by atoms with Crippen molar-refractivity contribution < 1.29 is 19.1 Å². The summed E-state index contributed by atoms with van der Waals surface area (Å²) in [6.07, 6.45) is 0.0713. The summed E-state index contributed by atoms with van der Waals surface area (Å²) in [5.74, 6) is -1.74. The molecule has 0 aromatic heterocycles. The summed E-state index contributed by atoms with van der Waals surface area (Å²) >= 11 is 6.02. The zero-order chi connectivity index (χ0) is 20.3. The fourth-order valence-corrected chi connectivity index (χ4v) is 3.14. The molecule has 0 unspecified atom stereocenters. The van der Waals surface area contributed by atoms with Crippen LogP contribution < -0.4 is 10.2 Å². The molecule has 3 rings (SSSR count). The van der Waals surface area contributed by atoms with Gasteiger partial charge in [0, 0.05) is 29.4 Å². The van der Waals surface area contributed by atoms with Crippen molar-refractivity contribution in [3.05, 3.63) is 58.6 Å². The number of nitrogens with one attached hydrogen (secondary N) is 1. The number of esters is 1. The fraction of sp³-hybridized carbons (Fsp3) is 0.286. The number of hydrogen-bond donors (Lipinski definition) is 1. The molecule has 0 saturated carbocycles. The van der Waals surface area contributed by atoms with Gasteiger partial charge < -0.3 is 15.0 Å². The number of anilines is 2. The quantitative estimate of drug-likeness (QED) is 0.779. The van der Waals surface area contributed by atoms with Crippen molar-refractivity contribution in [2.45, 2.75) is 20.3 Å². The van der Waals surface area contributed by atoms with E-state index in [-0.39, 0.29) is 18.9 Å². The van der Waals surface area contributed by atoms with E-state index in [0.717, 1.165) is 16.8 Å². The normalized spacial score (nSPS) is 16.2. The van der Waals surface area contributed by atoms with Crippen molar-refractivity contribution in [1.82, 2.24) is 0 Å². The summed E-state index contributed by atoms with van der Waals surface area (Å²) in [6, 6.07) is 12.7. The minimum Gasteiger partial charge on any atom is -0.455 e.